The number of carbonyl (C=O) groups is 2. The Balaban J connectivity index is 1.92. The molecule has 4 rings (SSSR count). The van der Waals surface area contributed by atoms with Crippen LogP contribution in [0.3, 0.4) is 0 Å². The molecule has 38 heavy (non-hydrogen) atoms. The molecule has 0 aliphatic carbocycles. The van der Waals surface area contributed by atoms with Crippen molar-refractivity contribution in [2.75, 3.05) is 14.2 Å². The summed E-state index contributed by atoms with van der Waals surface area (Å²) in [5.41, 5.74) is 2.50. The Kier molecular flexibility index (Phi) is 7.77. The summed E-state index contributed by atoms with van der Waals surface area (Å²) in [7, 11) is 2.96. The van der Waals surface area contributed by atoms with E-state index in [1.807, 2.05) is 36.4 Å². The Morgan fingerprint density at radius 3 is 2.26 bits per heavy atom. The number of carbonyl (C=O) groups excluding carboxylic acids is 2. The van der Waals surface area contributed by atoms with Gasteiger partial charge in [-0.3, -0.25) is 9.59 Å². The Morgan fingerprint density at radius 2 is 1.66 bits per heavy atom. The van der Waals surface area contributed by atoms with Crippen LogP contribution < -0.4 is 9.47 Å². The van der Waals surface area contributed by atoms with Gasteiger partial charge in [-0.1, -0.05) is 80.4 Å². The minimum atomic E-state index is -0.863. The van der Waals surface area contributed by atoms with E-state index in [2.05, 4.69) is 20.8 Å². The summed E-state index contributed by atoms with van der Waals surface area (Å²) < 4.78 is 10.7. The van der Waals surface area contributed by atoms with E-state index in [9.17, 15) is 14.7 Å². The lowest BCUT2D eigenvalue weighted by molar-refractivity contribution is -0.140. The Bertz CT molecular complexity index is 1420. The molecule has 0 aromatic heterocycles. The number of hydrogen-bond acceptors (Lipinski definition) is 5. The van der Waals surface area contributed by atoms with E-state index in [0.29, 0.717) is 11.3 Å². The summed E-state index contributed by atoms with van der Waals surface area (Å²) in [6.45, 7) is 6.43. The number of nitrogens with zero attached hydrogens (tertiary/aromatic N) is 1. The summed E-state index contributed by atoms with van der Waals surface area (Å²) in [6.07, 6.45) is 0. The highest BCUT2D eigenvalue weighted by Gasteiger charge is 2.46. The smallest absolute Gasteiger partial charge is 0.295 e. The van der Waals surface area contributed by atoms with Crippen LogP contribution in [0.5, 0.6) is 11.5 Å². The third-order valence-electron chi connectivity index (χ3n) is 6.59. The molecule has 198 valence electrons. The molecule has 1 aliphatic rings. The molecule has 0 spiro atoms. The Hall–Kier alpha value is -3.48. The maximum absolute atomic E-state index is 13.5. The number of hydrogen-bond donors (Lipinski definition) is 1. The van der Waals surface area contributed by atoms with Crippen molar-refractivity contribution in [2.45, 2.75) is 38.8 Å². The molecular formula is C30H29Cl2NO5. The van der Waals surface area contributed by atoms with Crippen LogP contribution in [-0.4, -0.2) is 35.9 Å². The van der Waals surface area contributed by atoms with E-state index in [1.54, 1.807) is 19.2 Å². The second-order valence-corrected chi connectivity index (χ2v) is 11.0. The van der Waals surface area contributed by atoms with Crippen LogP contribution in [0.1, 0.15) is 49.1 Å². The first-order valence-electron chi connectivity index (χ1n) is 12.0. The van der Waals surface area contributed by atoms with Gasteiger partial charge in [-0.15, -0.1) is 0 Å². The molecule has 1 amide bonds. The Morgan fingerprint density at radius 1 is 0.974 bits per heavy atom. The summed E-state index contributed by atoms with van der Waals surface area (Å²) in [6, 6.07) is 17.0. The van der Waals surface area contributed by atoms with Gasteiger partial charge in [0.25, 0.3) is 11.7 Å². The third kappa shape index (κ3) is 5.24. The van der Waals surface area contributed by atoms with Crippen LogP contribution >= 0.6 is 23.2 Å². The molecule has 1 aliphatic heterocycles. The average molecular weight is 554 g/mol. The van der Waals surface area contributed by atoms with Gasteiger partial charge in [0.2, 0.25) is 0 Å². The van der Waals surface area contributed by atoms with Crippen molar-refractivity contribution >= 4 is 40.7 Å². The molecule has 1 unspecified atom stereocenters. The zero-order valence-corrected chi connectivity index (χ0v) is 23.4. The molecule has 0 saturated carbocycles. The lowest BCUT2D eigenvalue weighted by atomic mass is 9.85. The number of aliphatic hydroxyl groups excluding tert-OH is 1. The molecule has 0 radical (unpaired) electrons. The number of rotatable bonds is 6. The zero-order chi connectivity index (χ0) is 27.8. The number of methoxy groups -OCH3 is 2. The third-order valence-corrected chi connectivity index (χ3v) is 7.09. The first-order chi connectivity index (χ1) is 18.0. The molecular weight excluding hydrogens is 525 g/mol. The highest BCUT2D eigenvalue weighted by Crippen LogP contribution is 2.44. The quantitative estimate of drug-likeness (QED) is 0.203. The number of ketones is 1. The zero-order valence-electron chi connectivity index (χ0n) is 21.8. The van der Waals surface area contributed by atoms with Crippen LogP contribution in [0.4, 0.5) is 0 Å². The molecule has 1 atom stereocenters. The first-order valence-corrected chi connectivity index (χ1v) is 12.8. The van der Waals surface area contributed by atoms with Crippen molar-refractivity contribution < 1.29 is 24.2 Å². The first kappa shape index (κ1) is 27.6. The molecule has 1 N–H and O–H groups in total. The minimum Gasteiger partial charge on any atom is -0.507 e. The van der Waals surface area contributed by atoms with Gasteiger partial charge in [0.05, 0.1) is 36.4 Å². The molecule has 3 aromatic rings. The molecule has 6 nitrogen and oxygen atoms in total. The van der Waals surface area contributed by atoms with Gasteiger partial charge in [-0.25, -0.2) is 0 Å². The minimum absolute atomic E-state index is 0.0713. The number of ether oxygens (including phenoxy) is 2. The fraction of sp³-hybridized carbons (Fsp3) is 0.267. The second kappa shape index (κ2) is 10.7. The maximum Gasteiger partial charge on any atom is 0.295 e. The number of aliphatic hydroxyl groups is 1. The largest absolute Gasteiger partial charge is 0.507 e. The number of benzene rings is 3. The van der Waals surface area contributed by atoms with Crippen LogP contribution in [0.15, 0.2) is 66.2 Å². The van der Waals surface area contributed by atoms with E-state index < -0.39 is 23.5 Å². The second-order valence-electron chi connectivity index (χ2n) is 10.1. The van der Waals surface area contributed by atoms with E-state index >= 15 is 0 Å². The van der Waals surface area contributed by atoms with E-state index in [-0.39, 0.29) is 38.9 Å². The molecule has 3 aromatic carbocycles. The number of halogens is 2. The molecule has 8 heteroatoms. The maximum atomic E-state index is 13.5. The standard InChI is InChI=1S/C30H29Cl2NO5/c1-30(2,3)19-11-9-18(10-12-19)25-24(26(34)22-14-20(31)15-23(32)28(22)38-5)27(35)29(36)33(25)16-17-7-6-8-21(13-17)37-4/h6-15,25,34H,16H2,1-5H3/b26-24+. The highest BCUT2D eigenvalue weighted by molar-refractivity contribution is 6.46. The van der Waals surface area contributed by atoms with Crippen LogP contribution in [-0.2, 0) is 21.5 Å². The number of Topliss-reactive ketones (excluding diaryl/α,β-unsaturated/α-hetero) is 1. The summed E-state index contributed by atoms with van der Waals surface area (Å²) in [5, 5.41) is 11.9. The van der Waals surface area contributed by atoms with Gasteiger partial charge in [-0.05, 0) is 46.4 Å². The van der Waals surface area contributed by atoms with Crippen LogP contribution in [0.2, 0.25) is 10.0 Å². The average Bonchev–Trinajstić information content (AvgIpc) is 3.12. The summed E-state index contributed by atoms with van der Waals surface area (Å²) >= 11 is 12.5. The lowest BCUT2D eigenvalue weighted by Gasteiger charge is -2.27. The van der Waals surface area contributed by atoms with Gasteiger partial charge in [0, 0.05) is 11.6 Å². The van der Waals surface area contributed by atoms with Crippen molar-refractivity contribution in [3.63, 3.8) is 0 Å². The highest BCUT2D eigenvalue weighted by atomic mass is 35.5. The van der Waals surface area contributed by atoms with Gasteiger partial charge in [0.15, 0.2) is 0 Å². The topological polar surface area (TPSA) is 76.1 Å². The van der Waals surface area contributed by atoms with Gasteiger partial charge in [-0.2, -0.15) is 0 Å². The van der Waals surface area contributed by atoms with Crippen LogP contribution in [0.25, 0.3) is 5.76 Å². The van der Waals surface area contributed by atoms with Gasteiger partial charge in [0.1, 0.15) is 17.3 Å². The van der Waals surface area contributed by atoms with Crippen molar-refractivity contribution in [3.8, 4) is 11.5 Å². The van der Waals surface area contributed by atoms with Crippen molar-refractivity contribution in [3.05, 3.63) is 98.5 Å². The van der Waals surface area contributed by atoms with E-state index in [1.165, 1.54) is 24.1 Å². The fourth-order valence-electron chi connectivity index (χ4n) is 4.61. The van der Waals surface area contributed by atoms with Crippen molar-refractivity contribution in [2.24, 2.45) is 0 Å². The van der Waals surface area contributed by atoms with Crippen molar-refractivity contribution in [1.82, 2.24) is 4.90 Å². The van der Waals surface area contributed by atoms with E-state index in [0.717, 1.165) is 11.1 Å². The monoisotopic (exact) mass is 553 g/mol. The SMILES string of the molecule is COc1cccc(CN2C(=O)C(=O)/C(=C(/O)c3cc(Cl)cc(Cl)c3OC)C2c2ccc(C(C)(C)C)cc2)c1. The van der Waals surface area contributed by atoms with Crippen LogP contribution in [0, 0.1) is 0 Å². The molecule has 1 heterocycles. The predicted octanol–water partition coefficient (Wildman–Crippen LogP) is 6.93. The number of amides is 1. The molecule has 1 saturated heterocycles. The normalized spacial score (nSPS) is 17.1. The number of likely N-dealkylation sites (tertiary alicyclic amines) is 1. The molecule has 0 bridgehead atoms. The summed E-state index contributed by atoms with van der Waals surface area (Å²) in [5.74, 6) is -1.18. The van der Waals surface area contributed by atoms with E-state index in [4.69, 9.17) is 32.7 Å². The fourth-order valence-corrected chi connectivity index (χ4v) is 5.18. The van der Waals surface area contributed by atoms with Gasteiger partial charge >= 0.3 is 0 Å². The Labute approximate surface area is 232 Å². The molecule has 1 fully saturated rings. The van der Waals surface area contributed by atoms with Gasteiger partial charge < -0.3 is 19.5 Å². The predicted molar refractivity (Wildman–Crippen MR) is 149 cm³/mol. The lowest BCUT2D eigenvalue weighted by Crippen LogP contribution is -2.29. The summed E-state index contributed by atoms with van der Waals surface area (Å²) in [4.78, 5) is 28.4. The van der Waals surface area contributed by atoms with Crippen molar-refractivity contribution in [1.29, 1.82) is 0 Å².